The Labute approximate surface area is 148 Å². The molecule has 0 spiro atoms. The molecule has 144 valence electrons. The standard InChI is InChI=1S/C17H28O8/c1-6-7-8-20-14-13(12(22-11(3)19)9-21-10(2)18)23-16-15(14)24-17(4,5)25-16/h12-16H,6-9H2,1-5H3/t12?,13-,14?,15?,16-/m1/s1. The predicted molar refractivity (Wildman–Crippen MR) is 85.5 cm³/mol. The zero-order valence-electron chi connectivity index (χ0n) is 15.5. The highest BCUT2D eigenvalue weighted by molar-refractivity contribution is 5.67. The van der Waals surface area contributed by atoms with Gasteiger partial charge in [-0.25, -0.2) is 0 Å². The molecule has 2 aliphatic heterocycles. The molecule has 0 aliphatic carbocycles. The summed E-state index contributed by atoms with van der Waals surface area (Å²) in [5, 5.41) is 0. The number of unbranched alkanes of at least 4 members (excludes halogenated alkanes) is 1. The second-order valence-electron chi connectivity index (χ2n) is 6.71. The van der Waals surface area contributed by atoms with Crippen molar-refractivity contribution in [2.45, 2.75) is 84.0 Å². The first-order chi connectivity index (χ1) is 11.7. The Bertz CT molecular complexity index is 477. The molecule has 2 heterocycles. The molecule has 2 fully saturated rings. The second kappa shape index (κ2) is 8.44. The first-order valence-electron chi connectivity index (χ1n) is 8.66. The molecule has 0 aromatic heterocycles. The van der Waals surface area contributed by atoms with Gasteiger partial charge in [0.1, 0.15) is 24.9 Å². The fourth-order valence-electron chi connectivity index (χ4n) is 2.97. The minimum Gasteiger partial charge on any atom is -0.462 e. The summed E-state index contributed by atoms with van der Waals surface area (Å²) in [5.41, 5.74) is 0. The monoisotopic (exact) mass is 360 g/mol. The molecule has 0 aromatic rings. The molecule has 2 rings (SSSR count). The van der Waals surface area contributed by atoms with E-state index in [0.29, 0.717) is 6.61 Å². The van der Waals surface area contributed by atoms with Crippen molar-refractivity contribution >= 4 is 11.9 Å². The van der Waals surface area contributed by atoms with Crippen LogP contribution in [0.5, 0.6) is 0 Å². The van der Waals surface area contributed by atoms with Crippen molar-refractivity contribution in [1.29, 1.82) is 0 Å². The van der Waals surface area contributed by atoms with Crippen LogP contribution in [-0.2, 0) is 38.0 Å². The van der Waals surface area contributed by atoms with Crippen LogP contribution < -0.4 is 0 Å². The van der Waals surface area contributed by atoms with Crippen LogP contribution in [0.25, 0.3) is 0 Å². The smallest absolute Gasteiger partial charge is 0.303 e. The zero-order chi connectivity index (χ0) is 18.6. The molecule has 5 atom stereocenters. The van der Waals surface area contributed by atoms with E-state index < -0.39 is 48.4 Å². The number of rotatable bonds is 8. The molecule has 3 unspecified atom stereocenters. The summed E-state index contributed by atoms with van der Waals surface area (Å²) >= 11 is 0. The Morgan fingerprint density at radius 3 is 2.48 bits per heavy atom. The third-order valence-electron chi connectivity index (χ3n) is 3.97. The van der Waals surface area contributed by atoms with Crippen LogP contribution in [0.2, 0.25) is 0 Å². The van der Waals surface area contributed by atoms with Gasteiger partial charge >= 0.3 is 11.9 Å². The average Bonchev–Trinajstić information content (AvgIpc) is 2.96. The fourth-order valence-corrected chi connectivity index (χ4v) is 2.97. The predicted octanol–water partition coefficient (Wildman–Crippen LogP) is 1.54. The Hall–Kier alpha value is -1.22. The Morgan fingerprint density at radius 2 is 1.88 bits per heavy atom. The molecule has 0 N–H and O–H groups in total. The van der Waals surface area contributed by atoms with E-state index in [-0.39, 0.29) is 6.61 Å². The minimum atomic E-state index is -0.797. The van der Waals surface area contributed by atoms with Crippen molar-refractivity contribution in [2.75, 3.05) is 13.2 Å². The number of hydrogen-bond donors (Lipinski definition) is 0. The highest BCUT2D eigenvalue weighted by Gasteiger charge is 2.58. The van der Waals surface area contributed by atoms with E-state index in [1.165, 1.54) is 13.8 Å². The number of esters is 2. The number of fused-ring (bicyclic) bond motifs is 1. The number of carbonyl (C=O) groups is 2. The van der Waals surface area contributed by atoms with Gasteiger partial charge in [-0.1, -0.05) is 13.3 Å². The van der Waals surface area contributed by atoms with Crippen LogP contribution in [-0.4, -0.2) is 61.6 Å². The maximum Gasteiger partial charge on any atom is 0.303 e. The van der Waals surface area contributed by atoms with Crippen LogP contribution in [0.1, 0.15) is 47.5 Å². The van der Waals surface area contributed by atoms with E-state index in [1.807, 2.05) is 0 Å². The first-order valence-corrected chi connectivity index (χ1v) is 8.66. The van der Waals surface area contributed by atoms with E-state index in [1.54, 1.807) is 13.8 Å². The second-order valence-corrected chi connectivity index (χ2v) is 6.71. The number of hydrogen-bond acceptors (Lipinski definition) is 8. The van der Waals surface area contributed by atoms with Gasteiger partial charge in [0.25, 0.3) is 0 Å². The molecule has 8 heteroatoms. The van der Waals surface area contributed by atoms with Crippen molar-refractivity contribution in [1.82, 2.24) is 0 Å². The highest BCUT2D eigenvalue weighted by Crippen LogP contribution is 2.40. The largest absolute Gasteiger partial charge is 0.462 e. The topological polar surface area (TPSA) is 89.5 Å². The molecule has 0 aromatic carbocycles. The fraction of sp³-hybridized carbons (Fsp3) is 0.882. The van der Waals surface area contributed by atoms with Crippen molar-refractivity contribution in [3.05, 3.63) is 0 Å². The SMILES string of the molecule is CCCCOC1C2OC(C)(C)O[C@H]2O[C@@H]1C(COC(C)=O)OC(C)=O. The lowest BCUT2D eigenvalue weighted by atomic mass is 10.1. The lowest BCUT2D eigenvalue weighted by Gasteiger charge is -2.30. The third kappa shape index (κ3) is 5.37. The lowest BCUT2D eigenvalue weighted by molar-refractivity contribution is -0.235. The molecule has 2 saturated heterocycles. The van der Waals surface area contributed by atoms with Crippen LogP contribution in [0, 0.1) is 0 Å². The summed E-state index contributed by atoms with van der Waals surface area (Å²) in [6, 6.07) is 0. The molecular formula is C17H28O8. The molecule has 0 bridgehead atoms. The van der Waals surface area contributed by atoms with Gasteiger partial charge in [0.15, 0.2) is 18.2 Å². The van der Waals surface area contributed by atoms with Gasteiger partial charge in [0.05, 0.1) is 0 Å². The van der Waals surface area contributed by atoms with Crippen LogP contribution in [0.15, 0.2) is 0 Å². The summed E-state index contributed by atoms with van der Waals surface area (Å²) in [6.07, 6.45) is -1.13. The van der Waals surface area contributed by atoms with Gasteiger partial charge in [-0.2, -0.15) is 0 Å². The van der Waals surface area contributed by atoms with E-state index in [0.717, 1.165) is 12.8 Å². The van der Waals surface area contributed by atoms with Crippen molar-refractivity contribution in [3.8, 4) is 0 Å². The van der Waals surface area contributed by atoms with Crippen molar-refractivity contribution in [2.24, 2.45) is 0 Å². The molecule has 0 radical (unpaired) electrons. The maximum atomic E-state index is 11.5. The van der Waals surface area contributed by atoms with Crippen molar-refractivity contribution in [3.63, 3.8) is 0 Å². The molecule has 0 saturated carbocycles. The van der Waals surface area contributed by atoms with E-state index in [4.69, 9.17) is 28.4 Å². The average molecular weight is 360 g/mol. The van der Waals surface area contributed by atoms with Gasteiger partial charge in [-0.05, 0) is 20.3 Å². The Balaban J connectivity index is 2.13. The summed E-state index contributed by atoms with van der Waals surface area (Å²) < 4.78 is 33.9. The lowest BCUT2D eigenvalue weighted by Crippen LogP contribution is -2.46. The molecule has 25 heavy (non-hydrogen) atoms. The summed E-state index contributed by atoms with van der Waals surface area (Å²) in [6.45, 7) is 8.66. The minimum absolute atomic E-state index is 0.115. The van der Waals surface area contributed by atoms with E-state index in [9.17, 15) is 9.59 Å². The Morgan fingerprint density at radius 1 is 1.16 bits per heavy atom. The zero-order valence-corrected chi connectivity index (χ0v) is 15.5. The number of carbonyl (C=O) groups excluding carboxylic acids is 2. The summed E-state index contributed by atoms with van der Waals surface area (Å²) in [5.74, 6) is -1.74. The van der Waals surface area contributed by atoms with Gasteiger partial charge in [0.2, 0.25) is 0 Å². The highest BCUT2D eigenvalue weighted by atomic mass is 16.8. The van der Waals surface area contributed by atoms with Crippen LogP contribution >= 0.6 is 0 Å². The van der Waals surface area contributed by atoms with Crippen LogP contribution in [0.4, 0.5) is 0 Å². The maximum absolute atomic E-state index is 11.5. The quantitative estimate of drug-likeness (QED) is 0.476. The summed E-state index contributed by atoms with van der Waals surface area (Å²) in [7, 11) is 0. The van der Waals surface area contributed by atoms with Crippen molar-refractivity contribution < 1.29 is 38.0 Å². The Kier molecular flexibility index (Phi) is 6.79. The van der Waals surface area contributed by atoms with E-state index in [2.05, 4.69) is 6.92 Å². The van der Waals surface area contributed by atoms with E-state index >= 15 is 0 Å². The third-order valence-corrected chi connectivity index (χ3v) is 3.97. The van der Waals surface area contributed by atoms with Gasteiger partial charge in [0, 0.05) is 20.5 Å². The molecule has 0 amide bonds. The van der Waals surface area contributed by atoms with Gasteiger partial charge in [-0.15, -0.1) is 0 Å². The molecular weight excluding hydrogens is 332 g/mol. The van der Waals surface area contributed by atoms with Crippen LogP contribution in [0.3, 0.4) is 0 Å². The molecule has 8 nitrogen and oxygen atoms in total. The van der Waals surface area contributed by atoms with Gasteiger partial charge in [-0.3, -0.25) is 9.59 Å². The molecule has 2 aliphatic rings. The summed E-state index contributed by atoms with van der Waals surface area (Å²) in [4.78, 5) is 22.6. The first kappa shape index (κ1) is 20.1. The number of ether oxygens (including phenoxy) is 6. The van der Waals surface area contributed by atoms with Gasteiger partial charge < -0.3 is 28.4 Å². The normalized spacial score (nSPS) is 31.4.